The molecule has 0 aliphatic carbocycles. The Morgan fingerprint density at radius 3 is 2.40 bits per heavy atom. The third kappa shape index (κ3) is 2.91. The first-order chi connectivity index (χ1) is 11.8. The molecule has 0 aliphatic rings. The molecule has 0 fully saturated rings. The first-order valence-corrected chi connectivity index (χ1v) is 7.74. The molecule has 128 valence electrons. The fourth-order valence-electron chi connectivity index (χ4n) is 2.74. The van der Waals surface area contributed by atoms with E-state index in [0.29, 0.717) is 11.1 Å². The number of halogens is 1. The average molecular weight is 340 g/mol. The molecule has 25 heavy (non-hydrogen) atoms. The number of nitrogens with zero attached hydrogens (tertiary/aromatic N) is 2. The molecule has 0 bridgehead atoms. The minimum atomic E-state index is -1.02. The summed E-state index contributed by atoms with van der Waals surface area (Å²) in [4.78, 5) is 15.7. The van der Waals surface area contributed by atoms with Gasteiger partial charge in [-0.2, -0.15) is 4.98 Å². The quantitative estimate of drug-likeness (QED) is 0.761. The van der Waals surface area contributed by atoms with Crippen molar-refractivity contribution in [1.82, 2.24) is 10.1 Å². The number of aromatic nitrogens is 2. The van der Waals surface area contributed by atoms with Crippen molar-refractivity contribution in [2.24, 2.45) is 0 Å². The van der Waals surface area contributed by atoms with Gasteiger partial charge in [-0.1, -0.05) is 11.2 Å². The second-order valence-electron chi connectivity index (χ2n) is 6.06. The van der Waals surface area contributed by atoms with Crippen molar-refractivity contribution in [1.29, 1.82) is 0 Å². The van der Waals surface area contributed by atoms with E-state index in [4.69, 9.17) is 4.52 Å². The number of rotatable bonds is 3. The van der Waals surface area contributed by atoms with Crippen LogP contribution in [0.5, 0.6) is 0 Å². The van der Waals surface area contributed by atoms with E-state index in [0.717, 1.165) is 16.7 Å². The number of benzene rings is 2. The van der Waals surface area contributed by atoms with Crippen LogP contribution < -0.4 is 0 Å². The highest BCUT2D eigenvalue weighted by Gasteiger charge is 2.20. The molecule has 0 spiro atoms. The van der Waals surface area contributed by atoms with Crippen molar-refractivity contribution < 1.29 is 18.8 Å². The largest absolute Gasteiger partial charge is 0.478 e. The van der Waals surface area contributed by atoms with Gasteiger partial charge in [-0.05, 0) is 68.1 Å². The van der Waals surface area contributed by atoms with Gasteiger partial charge in [0.25, 0.3) is 5.89 Å². The maximum Gasteiger partial charge on any atom is 0.335 e. The lowest BCUT2D eigenvalue weighted by molar-refractivity contribution is 0.0696. The first-order valence-electron chi connectivity index (χ1n) is 7.74. The van der Waals surface area contributed by atoms with E-state index in [1.54, 1.807) is 26.0 Å². The van der Waals surface area contributed by atoms with Gasteiger partial charge in [-0.15, -0.1) is 0 Å². The standard InChI is InChI=1S/C19H17FN2O3/c1-9-5-6-13(16(20)7-9)18-21-17(22-25-18)14-8-15(19(23)24)12(4)10(2)11(14)3/h5-8H,1-4H3,(H,23,24). The fraction of sp³-hybridized carbons (Fsp3) is 0.211. The lowest BCUT2D eigenvalue weighted by Crippen LogP contribution is -2.04. The first kappa shape index (κ1) is 16.8. The second-order valence-corrected chi connectivity index (χ2v) is 6.06. The van der Waals surface area contributed by atoms with Gasteiger partial charge in [0.1, 0.15) is 5.82 Å². The number of carboxylic acid groups (broad SMARTS) is 1. The van der Waals surface area contributed by atoms with Crippen LogP contribution in [0, 0.1) is 33.5 Å². The van der Waals surface area contributed by atoms with Crippen molar-refractivity contribution in [3.63, 3.8) is 0 Å². The van der Waals surface area contributed by atoms with Gasteiger partial charge in [-0.3, -0.25) is 0 Å². The van der Waals surface area contributed by atoms with Gasteiger partial charge in [0.2, 0.25) is 5.82 Å². The smallest absolute Gasteiger partial charge is 0.335 e. The van der Waals surface area contributed by atoms with Crippen LogP contribution in [0.25, 0.3) is 22.8 Å². The van der Waals surface area contributed by atoms with E-state index in [1.165, 1.54) is 12.1 Å². The maximum absolute atomic E-state index is 14.1. The highest BCUT2D eigenvalue weighted by molar-refractivity contribution is 5.92. The number of aryl methyl sites for hydroxylation is 1. The van der Waals surface area contributed by atoms with E-state index in [2.05, 4.69) is 10.1 Å². The van der Waals surface area contributed by atoms with Crippen molar-refractivity contribution >= 4 is 5.97 Å². The summed E-state index contributed by atoms with van der Waals surface area (Å²) in [6.45, 7) is 7.27. The fourth-order valence-corrected chi connectivity index (χ4v) is 2.74. The minimum Gasteiger partial charge on any atom is -0.478 e. The Labute approximate surface area is 144 Å². The molecule has 0 aliphatic heterocycles. The summed E-state index contributed by atoms with van der Waals surface area (Å²) in [5, 5.41) is 13.3. The average Bonchev–Trinajstić information content (AvgIpc) is 3.02. The predicted molar refractivity (Wildman–Crippen MR) is 91.0 cm³/mol. The molecular weight excluding hydrogens is 323 g/mol. The van der Waals surface area contributed by atoms with Crippen molar-refractivity contribution in [2.75, 3.05) is 0 Å². The molecular formula is C19H17FN2O3. The minimum absolute atomic E-state index is 0.0574. The molecule has 3 aromatic rings. The topological polar surface area (TPSA) is 76.2 Å². The Morgan fingerprint density at radius 2 is 1.76 bits per heavy atom. The molecule has 6 heteroatoms. The van der Waals surface area contributed by atoms with E-state index >= 15 is 0 Å². The van der Waals surface area contributed by atoms with Crippen molar-refractivity contribution in [3.8, 4) is 22.8 Å². The maximum atomic E-state index is 14.1. The molecule has 3 rings (SSSR count). The van der Waals surface area contributed by atoms with Gasteiger partial charge in [0.05, 0.1) is 11.1 Å². The third-order valence-electron chi connectivity index (χ3n) is 4.47. The molecule has 0 unspecified atom stereocenters. The summed E-state index contributed by atoms with van der Waals surface area (Å²) in [7, 11) is 0. The van der Waals surface area contributed by atoms with Gasteiger partial charge >= 0.3 is 5.97 Å². The molecule has 0 saturated carbocycles. The molecule has 0 saturated heterocycles. The van der Waals surface area contributed by atoms with Crippen LogP contribution in [-0.4, -0.2) is 21.2 Å². The van der Waals surface area contributed by atoms with Crippen LogP contribution in [0.1, 0.15) is 32.6 Å². The Kier molecular flexibility index (Phi) is 4.12. The Hall–Kier alpha value is -3.02. The normalized spacial score (nSPS) is 10.9. The SMILES string of the molecule is Cc1ccc(-c2nc(-c3cc(C(=O)O)c(C)c(C)c3C)no2)c(F)c1. The Balaban J connectivity index is 2.13. The summed E-state index contributed by atoms with van der Waals surface area (Å²) < 4.78 is 19.3. The monoisotopic (exact) mass is 340 g/mol. The lowest BCUT2D eigenvalue weighted by atomic mass is 9.93. The van der Waals surface area contributed by atoms with Gasteiger partial charge in [-0.25, -0.2) is 9.18 Å². The third-order valence-corrected chi connectivity index (χ3v) is 4.47. The van der Waals surface area contributed by atoms with Crippen LogP contribution in [0.4, 0.5) is 4.39 Å². The molecule has 1 N–H and O–H groups in total. The zero-order valence-electron chi connectivity index (χ0n) is 14.3. The summed E-state index contributed by atoms with van der Waals surface area (Å²) in [6.07, 6.45) is 0. The van der Waals surface area contributed by atoms with E-state index < -0.39 is 11.8 Å². The van der Waals surface area contributed by atoms with Crippen molar-refractivity contribution in [2.45, 2.75) is 27.7 Å². The Morgan fingerprint density at radius 1 is 1.04 bits per heavy atom. The van der Waals surface area contributed by atoms with Gasteiger partial charge in [0, 0.05) is 5.56 Å². The zero-order valence-corrected chi connectivity index (χ0v) is 14.3. The number of carbonyl (C=O) groups is 1. The van der Waals surface area contributed by atoms with Crippen LogP contribution in [0.2, 0.25) is 0 Å². The Bertz CT molecular complexity index is 993. The van der Waals surface area contributed by atoms with Crippen LogP contribution in [0.15, 0.2) is 28.8 Å². The molecule has 1 heterocycles. The van der Waals surface area contributed by atoms with E-state index in [-0.39, 0.29) is 22.8 Å². The van der Waals surface area contributed by atoms with Crippen molar-refractivity contribution in [3.05, 3.63) is 57.9 Å². The van der Waals surface area contributed by atoms with Gasteiger partial charge in [0.15, 0.2) is 0 Å². The highest BCUT2D eigenvalue weighted by atomic mass is 19.1. The summed E-state index contributed by atoms with van der Waals surface area (Å²) in [6, 6.07) is 6.26. The van der Waals surface area contributed by atoms with Gasteiger partial charge < -0.3 is 9.63 Å². The highest BCUT2D eigenvalue weighted by Crippen LogP contribution is 2.30. The molecule has 0 amide bonds. The number of aromatic carboxylic acids is 1. The van der Waals surface area contributed by atoms with E-state index in [9.17, 15) is 14.3 Å². The molecule has 0 radical (unpaired) electrons. The number of hydrogen-bond donors (Lipinski definition) is 1. The molecule has 2 aromatic carbocycles. The number of hydrogen-bond acceptors (Lipinski definition) is 4. The summed E-state index contributed by atoms with van der Waals surface area (Å²) in [5.74, 6) is -1.17. The second kappa shape index (κ2) is 6.12. The van der Waals surface area contributed by atoms with Crippen LogP contribution in [0.3, 0.4) is 0 Å². The lowest BCUT2D eigenvalue weighted by Gasteiger charge is -2.11. The summed E-state index contributed by atoms with van der Waals surface area (Å²) in [5.41, 5.74) is 4.15. The number of carboxylic acids is 1. The zero-order chi connectivity index (χ0) is 18.3. The predicted octanol–water partition coefficient (Wildman–Crippen LogP) is 4.47. The molecule has 0 atom stereocenters. The molecule has 5 nitrogen and oxygen atoms in total. The summed E-state index contributed by atoms with van der Waals surface area (Å²) >= 11 is 0. The van der Waals surface area contributed by atoms with Crippen LogP contribution >= 0.6 is 0 Å². The van der Waals surface area contributed by atoms with Crippen LogP contribution in [-0.2, 0) is 0 Å². The van der Waals surface area contributed by atoms with E-state index in [1.807, 2.05) is 13.8 Å². The molecule has 1 aromatic heterocycles.